The molecule has 188 valence electrons. The summed E-state index contributed by atoms with van der Waals surface area (Å²) in [5.74, 6) is -1.43. The van der Waals surface area contributed by atoms with Crippen molar-refractivity contribution in [2.45, 2.75) is 0 Å². The third-order valence-corrected chi connectivity index (χ3v) is 6.12. The van der Waals surface area contributed by atoms with Crippen molar-refractivity contribution < 1.29 is 81.7 Å². The molecule has 0 bridgehead atoms. The molecule has 0 spiro atoms. The van der Waals surface area contributed by atoms with Gasteiger partial charge in [-0.2, -0.15) is 0 Å². The Hall–Kier alpha value is 0.140. The van der Waals surface area contributed by atoms with Crippen molar-refractivity contribution in [3.8, 4) is 0 Å². The summed E-state index contributed by atoms with van der Waals surface area (Å²) in [5, 5.41) is 8.33. The molecule has 11 N–H and O–H groups in total. The molecule has 24 heteroatoms. The SMILES string of the molecule is O=C(O)CN(CP(=O)(O)O)CP(=O)(O)O.O=P(O)(O)CN(CP(=O)(O)O)CP(=O)(O)O. The lowest BCUT2D eigenvalue weighted by Crippen LogP contribution is -2.31. The number of aliphatic carboxylic acids is 1. The first-order chi connectivity index (χ1) is 13.3. The van der Waals surface area contributed by atoms with Crippen LogP contribution in [0.15, 0.2) is 0 Å². The van der Waals surface area contributed by atoms with E-state index in [2.05, 4.69) is 0 Å². The largest absolute Gasteiger partial charge is 0.480 e. The molecule has 0 aromatic rings. The van der Waals surface area contributed by atoms with E-state index in [4.69, 9.17) is 54.0 Å². The zero-order valence-corrected chi connectivity index (χ0v) is 19.7. The van der Waals surface area contributed by atoms with Gasteiger partial charge in [-0.1, -0.05) is 0 Å². The molecule has 0 rings (SSSR count). The second kappa shape index (κ2) is 12.6. The molecule has 0 aromatic carbocycles. The van der Waals surface area contributed by atoms with E-state index < -0.39 is 81.9 Å². The molecule has 0 radical (unpaired) electrons. The van der Waals surface area contributed by atoms with Crippen LogP contribution in [0.1, 0.15) is 0 Å². The quantitative estimate of drug-likeness (QED) is 0.108. The van der Waals surface area contributed by atoms with Gasteiger partial charge in [-0.05, 0) is 0 Å². The van der Waals surface area contributed by atoms with Crippen LogP contribution >= 0.6 is 38.0 Å². The maximum absolute atomic E-state index is 10.6. The molecule has 0 fully saturated rings. The van der Waals surface area contributed by atoms with E-state index >= 15 is 0 Å². The van der Waals surface area contributed by atoms with Gasteiger partial charge < -0.3 is 54.0 Å². The minimum absolute atomic E-state index is 0.336. The molecular formula is C7H23N2O17P5. The minimum atomic E-state index is -4.65. The Balaban J connectivity index is 0. The van der Waals surface area contributed by atoms with Crippen LogP contribution in [0, 0.1) is 0 Å². The summed E-state index contributed by atoms with van der Waals surface area (Å²) in [7, 11) is -23.1. The molecule has 31 heavy (non-hydrogen) atoms. The second-order valence-corrected chi connectivity index (χ2v) is 14.0. The van der Waals surface area contributed by atoms with Gasteiger partial charge in [-0.25, -0.2) is 0 Å². The van der Waals surface area contributed by atoms with Gasteiger partial charge in [0.15, 0.2) is 0 Å². The highest BCUT2D eigenvalue weighted by Gasteiger charge is 2.30. The molecule has 0 atom stereocenters. The fraction of sp³-hybridized carbons (Fsp3) is 0.857. The van der Waals surface area contributed by atoms with Crippen molar-refractivity contribution in [1.82, 2.24) is 9.80 Å². The zero-order valence-electron chi connectivity index (χ0n) is 15.2. The van der Waals surface area contributed by atoms with Crippen molar-refractivity contribution in [3.05, 3.63) is 0 Å². The van der Waals surface area contributed by atoms with Crippen molar-refractivity contribution in [3.63, 3.8) is 0 Å². The maximum Gasteiger partial charge on any atom is 0.339 e. The van der Waals surface area contributed by atoms with Gasteiger partial charge in [0.1, 0.15) is 31.4 Å². The van der Waals surface area contributed by atoms with Crippen molar-refractivity contribution >= 4 is 43.9 Å². The topological polar surface area (TPSA) is 331 Å². The van der Waals surface area contributed by atoms with E-state index in [0.717, 1.165) is 0 Å². The third kappa shape index (κ3) is 28.1. The standard InChI is InChI=1S/C4H11NO8P2.C3H12NO9P3/c6-4(7)1-5(2-14(8,9)10)3-15(11,12)13;5-14(6,7)1-4(2-15(8,9)10)3-16(11,12)13/h1-3H2,(H,6,7)(H2,8,9,10)(H2,11,12,13);1-3H2,(H2,5,6,7)(H2,8,9,10)(H2,11,12,13). The summed E-state index contributed by atoms with van der Waals surface area (Å²) in [5.41, 5.74) is 0. The maximum atomic E-state index is 10.6. The first kappa shape index (κ1) is 33.3. The zero-order chi connectivity index (χ0) is 25.5. The molecule has 0 aliphatic carbocycles. The van der Waals surface area contributed by atoms with Gasteiger partial charge in [-0.3, -0.25) is 37.4 Å². The molecule has 0 saturated carbocycles. The molecule has 0 amide bonds. The van der Waals surface area contributed by atoms with Crippen LogP contribution in [0.2, 0.25) is 0 Å². The Morgan fingerprint density at radius 1 is 0.484 bits per heavy atom. The van der Waals surface area contributed by atoms with Gasteiger partial charge in [0.2, 0.25) is 0 Å². The van der Waals surface area contributed by atoms with Gasteiger partial charge >= 0.3 is 43.9 Å². The monoisotopic (exact) mass is 562 g/mol. The van der Waals surface area contributed by atoms with Crippen LogP contribution in [0.5, 0.6) is 0 Å². The van der Waals surface area contributed by atoms with Gasteiger partial charge in [-0.15, -0.1) is 0 Å². The molecule has 0 aliphatic heterocycles. The average Bonchev–Trinajstić information content (AvgIpc) is 2.25. The van der Waals surface area contributed by atoms with Gasteiger partial charge in [0, 0.05) is 0 Å². The van der Waals surface area contributed by atoms with E-state index in [9.17, 15) is 27.6 Å². The number of carboxylic acids is 1. The molecular weight excluding hydrogens is 539 g/mol. The fourth-order valence-electron chi connectivity index (χ4n) is 1.77. The lowest BCUT2D eigenvalue weighted by atomic mass is 10.6. The number of carboxylic acid groups (broad SMARTS) is 1. The smallest absolute Gasteiger partial charge is 0.339 e. The summed E-state index contributed by atoms with van der Waals surface area (Å²) in [6.45, 7) is -0.851. The summed E-state index contributed by atoms with van der Waals surface area (Å²) < 4.78 is 52.7. The number of hydrogen-bond acceptors (Lipinski definition) is 8. The molecule has 19 nitrogen and oxygen atoms in total. The van der Waals surface area contributed by atoms with E-state index in [1.807, 2.05) is 0 Å². The summed E-state index contributed by atoms with van der Waals surface area (Å²) >= 11 is 0. The fourth-order valence-corrected chi connectivity index (χ4v) is 6.01. The van der Waals surface area contributed by atoms with Crippen molar-refractivity contribution in [2.75, 3.05) is 38.0 Å². The molecule has 0 heterocycles. The number of hydrogen-bond donors (Lipinski definition) is 11. The first-order valence-corrected chi connectivity index (χ1v) is 16.2. The molecule has 0 aromatic heterocycles. The van der Waals surface area contributed by atoms with Crippen LogP contribution in [-0.2, 0) is 27.6 Å². The number of carbonyl (C=O) groups is 1. The van der Waals surface area contributed by atoms with Gasteiger partial charge in [0.05, 0.1) is 6.54 Å². The van der Waals surface area contributed by atoms with Crippen molar-refractivity contribution in [2.24, 2.45) is 0 Å². The Labute approximate surface area is 174 Å². The highest BCUT2D eigenvalue weighted by atomic mass is 31.2. The van der Waals surface area contributed by atoms with Crippen LogP contribution in [-0.4, -0.2) is 108 Å². The molecule has 0 unspecified atom stereocenters. The predicted molar refractivity (Wildman–Crippen MR) is 101 cm³/mol. The lowest BCUT2D eigenvalue weighted by Gasteiger charge is -2.22. The van der Waals surface area contributed by atoms with E-state index in [-0.39, 0.29) is 0 Å². The van der Waals surface area contributed by atoms with Crippen LogP contribution in [0.4, 0.5) is 0 Å². The van der Waals surface area contributed by atoms with E-state index in [1.54, 1.807) is 0 Å². The number of rotatable bonds is 12. The highest BCUT2D eigenvalue weighted by Crippen LogP contribution is 2.45. The Morgan fingerprint density at radius 3 is 0.839 bits per heavy atom. The van der Waals surface area contributed by atoms with E-state index in [0.29, 0.717) is 9.80 Å². The summed E-state index contributed by atoms with van der Waals surface area (Å²) in [4.78, 5) is 96.4. The van der Waals surface area contributed by atoms with E-state index in [1.165, 1.54) is 0 Å². The lowest BCUT2D eigenvalue weighted by molar-refractivity contribution is -0.137. The Morgan fingerprint density at radius 2 is 0.677 bits per heavy atom. The Kier molecular flexibility index (Phi) is 13.5. The first-order valence-electron chi connectivity index (χ1n) is 7.17. The average molecular weight is 562 g/mol. The van der Waals surface area contributed by atoms with Crippen LogP contribution in [0.3, 0.4) is 0 Å². The van der Waals surface area contributed by atoms with Crippen LogP contribution < -0.4 is 0 Å². The molecule has 0 saturated heterocycles. The summed E-state index contributed by atoms with van der Waals surface area (Å²) in [6.07, 6.45) is -5.43. The third-order valence-electron chi connectivity index (χ3n) is 2.28. The Bertz CT molecular complexity index is 734. The van der Waals surface area contributed by atoms with Crippen LogP contribution in [0.25, 0.3) is 0 Å². The predicted octanol–water partition coefficient (Wildman–Crippen LogP) is -2.66. The normalized spacial score (nSPS) is 13.8. The van der Waals surface area contributed by atoms with Crippen molar-refractivity contribution in [1.29, 1.82) is 0 Å². The molecule has 0 aliphatic rings. The highest BCUT2D eigenvalue weighted by molar-refractivity contribution is 7.54. The number of nitrogens with zero attached hydrogens (tertiary/aromatic N) is 2. The minimum Gasteiger partial charge on any atom is -0.480 e. The summed E-state index contributed by atoms with van der Waals surface area (Å²) in [6, 6.07) is 0. The second-order valence-electron chi connectivity index (χ2n) is 5.92. The van der Waals surface area contributed by atoms with Gasteiger partial charge in [0.25, 0.3) is 0 Å².